The lowest BCUT2D eigenvalue weighted by molar-refractivity contribution is 0.0731. The van der Waals surface area contributed by atoms with Crippen molar-refractivity contribution in [1.29, 1.82) is 0 Å². The molecule has 0 radical (unpaired) electrons. The highest BCUT2D eigenvalue weighted by atomic mass is 16.6. The van der Waals surface area contributed by atoms with Crippen molar-refractivity contribution in [3.63, 3.8) is 0 Å². The Balaban J connectivity index is 1.50. The minimum absolute atomic E-state index is 0.213. The van der Waals surface area contributed by atoms with E-state index in [9.17, 15) is 4.79 Å². The number of para-hydroxylation sites is 2. The molecule has 2 aromatic rings. The van der Waals surface area contributed by atoms with Gasteiger partial charge in [-0.2, -0.15) is 5.10 Å². The van der Waals surface area contributed by atoms with Crippen molar-refractivity contribution in [1.82, 2.24) is 14.7 Å². The number of fused-ring (bicyclic) bond motifs is 1. The van der Waals surface area contributed by atoms with Gasteiger partial charge in [0.1, 0.15) is 6.61 Å². The Hall–Kier alpha value is -2.74. The Bertz CT molecular complexity index is 718. The molecule has 1 aliphatic rings. The first-order valence-corrected chi connectivity index (χ1v) is 8.07. The molecule has 3 rings (SSSR count). The lowest BCUT2D eigenvalue weighted by atomic mass is 10.2. The van der Waals surface area contributed by atoms with E-state index in [0.29, 0.717) is 37.7 Å². The predicted molar refractivity (Wildman–Crippen MR) is 92.1 cm³/mol. The smallest absolute Gasteiger partial charge is 0.321 e. The number of aromatic nitrogens is 2. The summed E-state index contributed by atoms with van der Waals surface area (Å²) in [5.74, 6) is 1.43. The molecule has 134 valence electrons. The molecule has 1 aromatic carbocycles. The first kappa shape index (κ1) is 17.1. The number of rotatable bonds is 6. The average molecular weight is 346 g/mol. The molecule has 8 nitrogen and oxygen atoms in total. The van der Waals surface area contributed by atoms with Crippen LogP contribution in [0, 0.1) is 0 Å². The zero-order chi connectivity index (χ0) is 17.6. The fourth-order valence-electron chi connectivity index (χ4n) is 2.50. The number of nitrogens with one attached hydrogen (secondary N) is 1. The van der Waals surface area contributed by atoms with Crippen molar-refractivity contribution in [3.05, 3.63) is 36.7 Å². The first-order chi connectivity index (χ1) is 12.2. The van der Waals surface area contributed by atoms with E-state index in [1.807, 2.05) is 24.3 Å². The van der Waals surface area contributed by atoms with E-state index in [1.54, 1.807) is 36.1 Å². The summed E-state index contributed by atoms with van der Waals surface area (Å²) in [6, 6.07) is 7.28. The van der Waals surface area contributed by atoms with Gasteiger partial charge in [-0.3, -0.25) is 4.68 Å². The molecule has 0 bridgehead atoms. The number of hydrogen-bond acceptors (Lipinski definition) is 5. The molecule has 1 unspecified atom stereocenters. The molecule has 8 heteroatoms. The van der Waals surface area contributed by atoms with Gasteiger partial charge in [-0.15, -0.1) is 0 Å². The van der Waals surface area contributed by atoms with Crippen molar-refractivity contribution >= 4 is 11.7 Å². The number of urea groups is 1. The number of hydrogen-bond donors (Lipinski definition) is 1. The number of amides is 2. The standard InChI is InChI=1S/C17H22N4O4/c1-20(11-14-12-24-15-5-3-4-6-16(15)25-14)17(22)19-13-9-18-21(10-13)7-8-23-2/h3-6,9-10,14H,7-8,11-12H2,1-2H3,(H,19,22). The van der Waals surface area contributed by atoms with E-state index in [1.165, 1.54) is 0 Å². The Morgan fingerprint density at radius 1 is 1.44 bits per heavy atom. The van der Waals surface area contributed by atoms with Crippen molar-refractivity contribution in [2.45, 2.75) is 12.6 Å². The maximum absolute atomic E-state index is 12.3. The molecule has 1 N–H and O–H groups in total. The van der Waals surface area contributed by atoms with Gasteiger partial charge in [-0.05, 0) is 12.1 Å². The maximum atomic E-state index is 12.3. The molecule has 1 aromatic heterocycles. The Morgan fingerprint density at radius 2 is 2.24 bits per heavy atom. The number of methoxy groups -OCH3 is 1. The molecular weight excluding hydrogens is 324 g/mol. The van der Waals surface area contributed by atoms with Gasteiger partial charge in [0.2, 0.25) is 0 Å². The zero-order valence-electron chi connectivity index (χ0n) is 14.3. The van der Waals surface area contributed by atoms with Crippen LogP contribution in [0.4, 0.5) is 10.5 Å². The van der Waals surface area contributed by atoms with Crippen LogP contribution in [0.3, 0.4) is 0 Å². The highest BCUT2D eigenvalue weighted by Gasteiger charge is 2.23. The van der Waals surface area contributed by atoms with Gasteiger partial charge in [-0.1, -0.05) is 12.1 Å². The largest absolute Gasteiger partial charge is 0.486 e. The molecule has 0 fully saturated rings. The first-order valence-electron chi connectivity index (χ1n) is 8.07. The third-order valence-electron chi connectivity index (χ3n) is 3.80. The van der Waals surface area contributed by atoms with Crippen molar-refractivity contribution < 1.29 is 19.0 Å². The predicted octanol–water partition coefficient (Wildman–Crippen LogP) is 1.83. The summed E-state index contributed by atoms with van der Waals surface area (Å²) in [4.78, 5) is 13.9. The highest BCUT2D eigenvalue weighted by Crippen LogP contribution is 2.30. The fourth-order valence-corrected chi connectivity index (χ4v) is 2.50. The summed E-state index contributed by atoms with van der Waals surface area (Å²) in [5.41, 5.74) is 0.638. The quantitative estimate of drug-likeness (QED) is 0.863. The van der Waals surface area contributed by atoms with Gasteiger partial charge in [0.25, 0.3) is 0 Å². The van der Waals surface area contributed by atoms with E-state index in [2.05, 4.69) is 10.4 Å². The van der Waals surface area contributed by atoms with E-state index in [4.69, 9.17) is 14.2 Å². The fraction of sp³-hybridized carbons (Fsp3) is 0.412. The Kier molecular flexibility index (Phi) is 5.39. The van der Waals surface area contributed by atoms with Crippen LogP contribution in [-0.2, 0) is 11.3 Å². The van der Waals surface area contributed by atoms with E-state index in [0.717, 1.165) is 5.75 Å². The van der Waals surface area contributed by atoms with Gasteiger partial charge in [0, 0.05) is 20.4 Å². The van der Waals surface area contributed by atoms with Gasteiger partial charge >= 0.3 is 6.03 Å². The minimum atomic E-state index is -0.228. The van der Waals surface area contributed by atoms with Crippen LogP contribution in [0.15, 0.2) is 36.7 Å². The molecule has 2 amide bonds. The van der Waals surface area contributed by atoms with Crippen LogP contribution in [0.5, 0.6) is 11.5 Å². The summed E-state index contributed by atoms with van der Waals surface area (Å²) >= 11 is 0. The Labute approximate surface area is 146 Å². The second-order valence-electron chi connectivity index (χ2n) is 5.79. The highest BCUT2D eigenvalue weighted by molar-refractivity contribution is 5.88. The molecule has 1 aliphatic heterocycles. The number of carbonyl (C=O) groups is 1. The van der Waals surface area contributed by atoms with Gasteiger partial charge in [-0.25, -0.2) is 4.79 Å². The van der Waals surface area contributed by atoms with Gasteiger partial charge < -0.3 is 24.4 Å². The number of nitrogens with zero attached hydrogens (tertiary/aromatic N) is 3. The third kappa shape index (κ3) is 4.42. The lowest BCUT2D eigenvalue weighted by Gasteiger charge is -2.29. The second-order valence-corrected chi connectivity index (χ2v) is 5.79. The Morgan fingerprint density at radius 3 is 3.04 bits per heavy atom. The topological polar surface area (TPSA) is 77.9 Å². The normalized spacial score (nSPS) is 15.7. The molecule has 0 spiro atoms. The number of likely N-dealkylation sites (N-methyl/N-ethyl adjacent to an activating group) is 1. The summed E-state index contributed by atoms with van der Waals surface area (Å²) in [6.07, 6.45) is 3.16. The summed E-state index contributed by atoms with van der Waals surface area (Å²) in [6.45, 7) is 2.02. The van der Waals surface area contributed by atoms with Crippen molar-refractivity contribution in [2.24, 2.45) is 0 Å². The van der Waals surface area contributed by atoms with Crippen LogP contribution in [0.2, 0.25) is 0 Å². The zero-order valence-corrected chi connectivity index (χ0v) is 14.3. The number of ether oxygens (including phenoxy) is 3. The van der Waals surface area contributed by atoms with Gasteiger partial charge in [0.15, 0.2) is 17.6 Å². The molecule has 0 saturated heterocycles. The minimum Gasteiger partial charge on any atom is -0.486 e. The van der Waals surface area contributed by atoms with Crippen LogP contribution in [-0.4, -0.2) is 60.7 Å². The van der Waals surface area contributed by atoms with Crippen molar-refractivity contribution in [3.8, 4) is 11.5 Å². The molecule has 0 aliphatic carbocycles. The molecule has 25 heavy (non-hydrogen) atoms. The monoisotopic (exact) mass is 346 g/mol. The van der Waals surface area contributed by atoms with Crippen LogP contribution >= 0.6 is 0 Å². The van der Waals surface area contributed by atoms with Crippen LogP contribution < -0.4 is 14.8 Å². The van der Waals surface area contributed by atoms with E-state index >= 15 is 0 Å². The number of carbonyl (C=O) groups excluding carboxylic acids is 1. The number of anilines is 1. The van der Waals surface area contributed by atoms with Gasteiger partial charge in [0.05, 0.1) is 31.6 Å². The number of benzene rings is 1. The van der Waals surface area contributed by atoms with Crippen molar-refractivity contribution in [2.75, 3.05) is 39.2 Å². The summed E-state index contributed by atoms with van der Waals surface area (Å²) < 4.78 is 18.3. The maximum Gasteiger partial charge on any atom is 0.321 e. The van der Waals surface area contributed by atoms with E-state index in [-0.39, 0.29) is 12.1 Å². The summed E-state index contributed by atoms with van der Waals surface area (Å²) in [5, 5.41) is 6.98. The summed E-state index contributed by atoms with van der Waals surface area (Å²) in [7, 11) is 3.35. The second kappa shape index (κ2) is 7.89. The average Bonchev–Trinajstić information content (AvgIpc) is 3.07. The molecular formula is C17H22N4O4. The van der Waals surface area contributed by atoms with Crippen LogP contribution in [0.1, 0.15) is 0 Å². The molecule has 0 saturated carbocycles. The molecule has 2 heterocycles. The van der Waals surface area contributed by atoms with E-state index < -0.39 is 0 Å². The SMILES string of the molecule is COCCn1cc(NC(=O)N(C)CC2COc3ccccc3O2)cn1. The lowest BCUT2D eigenvalue weighted by Crippen LogP contribution is -2.43. The van der Waals surface area contributed by atoms with Crippen LogP contribution in [0.25, 0.3) is 0 Å². The molecule has 1 atom stereocenters. The third-order valence-corrected chi connectivity index (χ3v) is 3.80.